The summed E-state index contributed by atoms with van der Waals surface area (Å²) in [6, 6.07) is -0.149. The van der Waals surface area contributed by atoms with Crippen LogP contribution < -0.4 is 10.6 Å². The Bertz CT molecular complexity index is 165. The van der Waals surface area contributed by atoms with Crippen molar-refractivity contribution >= 4 is 18.5 Å². The molecule has 2 N–H and O–H groups in total. The minimum atomic E-state index is -0.149. The van der Waals surface area contributed by atoms with Crippen molar-refractivity contribution in [1.82, 2.24) is 10.6 Å². The average Bonchev–Trinajstić information content (AvgIpc) is 2.25. The van der Waals surface area contributed by atoms with Gasteiger partial charge in [0.2, 0.25) is 5.91 Å². The highest BCUT2D eigenvalue weighted by Crippen LogP contribution is 1.97. The molecule has 0 aromatic heterocycles. The van der Waals surface area contributed by atoms with E-state index in [2.05, 4.69) is 30.2 Å². The molecule has 0 bridgehead atoms. The fraction of sp³-hybridized carbons (Fsp3) is 0.909. The van der Waals surface area contributed by atoms with Gasteiger partial charge < -0.3 is 10.6 Å². The summed E-state index contributed by atoms with van der Waals surface area (Å²) in [5.74, 6) is 0.623. The van der Waals surface area contributed by atoms with Crippen molar-refractivity contribution in [2.45, 2.75) is 45.6 Å². The maximum atomic E-state index is 11.6. The molecule has 0 unspecified atom stereocenters. The maximum absolute atomic E-state index is 11.6. The molecule has 0 aliphatic rings. The Labute approximate surface area is 98.8 Å². The number of nitrogens with one attached hydrogen (secondary N) is 2. The van der Waals surface area contributed by atoms with Gasteiger partial charge in [0.25, 0.3) is 0 Å². The Balaban J connectivity index is 3.53. The predicted octanol–water partition coefficient (Wildman–Crippen LogP) is 1.59. The fourth-order valence-corrected chi connectivity index (χ4v) is 1.67. The van der Waals surface area contributed by atoms with E-state index in [1.165, 1.54) is 19.3 Å². The number of thiol groups is 1. The predicted molar refractivity (Wildman–Crippen MR) is 68.5 cm³/mol. The zero-order chi connectivity index (χ0) is 11.5. The van der Waals surface area contributed by atoms with Crippen LogP contribution >= 0.6 is 12.6 Å². The Kier molecular flexibility index (Phi) is 10.2. The largest absolute Gasteiger partial charge is 0.355 e. The minimum absolute atomic E-state index is 0.0725. The number of carbonyl (C=O) groups excluding carboxylic acids is 1. The molecule has 0 spiro atoms. The quantitative estimate of drug-likeness (QED) is 0.417. The molecule has 0 saturated heterocycles. The Hall–Kier alpha value is -0.220. The van der Waals surface area contributed by atoms with Gasteiger partial charge in [-0.05, 0) is 13.0 Å². The summed E-state index contributed by atoms with van der Waals surface area (Å²) in [7, 11) is 0. The molecule has 15 heavy (non-hydrogen) atoms. The van der Waals surface area contributed by atoms with E-state index in [-0.39, 0.29) is 11.9 Å². The van der Waals surface area contributed by atoms with Crippen LogP contribution in [0.1, 0.15) is 39.5 Å². The third kappa shape index (κ3) is 7.68. The molecule has 90 valence electrons. The average molecular weight is 232 g/mol. The smallest absolute Gasteiger partial charge is 0.237 e. The zero-order valence-electron chi connectivity index (χ0n) is 9.88. The van der Waals surface area contributed by atoms with Crippen molar-refractivity contribution in [2.75, 3.05) is 18.8 Å². The van der Waals surface area contributed by atoms with Crippen LogP contribution in [-0.2, 0) is 4.79 Å². The summed E-state index contributed by atoms with van der Waals surface area (Å²) in [6.07, 6.45) is 4.75. The molecule has 0 aromatic rings. The Morgan fingerprint density at radius 3 is 2.53 bits per heavy atom. The molecule has 0 heterocycles. The van der Waals surface area contributed by atoms with Crippen LogP contribution in [0.25, 0.3) is 0 Å². The van der Waals surface area contributed by atoms with E-state index in [0.29, 0.717) is 5.75 Å². The van der Waals surface area contributed by atoms with Crippen LogP contribution in [0.15, 0.2) is 0 Å². The molecule has 0 aromatic carbocycles. The van der Waals surface area contributed by atoms with E-state index in [9.17, 15) is 4.79 Å². The third-order valence-corrected chi connectivity index (χ3v) is 2.64. The lowest BCUT2D eigenvalue weighted by atomic mass is 10.2. The summed E-state index contributed by atoms with van der Waals surface area (Å²) < 4.78 is 0. The monoisotopic (exact) mass is 232 g/mol. The van der Waals surface area contributed by atoms with Crippen molar-refractivity contribution in [2.24, 2.45) is 0 Å². The molecule has 0 fully saturated rings. The van der Waals surface area contributed by atoms with Crippen LogP contribution in [0.2, 0.25) is 0 Å². The van der Waals surface area contributed by atoms with E-state index in [4.69, 9.17) is 0 Å². The molecular weight excluding hydrogens is 208 g/mol. The number of carbonyl (C=O) groups is 1. The molecule has 4 heteroatoms. The summed E-state index contributed by atoms with van der Waals surface area (Å²) >= 11 is 4.14. The van der Waals surface area contributed by atoms with Crippen molar-refractivity contribution in [3.8, 4) is 0 Å². The first-order valence-corrected chi connectivity index (χ1v) is 6.51. The van der Waals surface area contributed by atoms with Crippen LogP contribution in [-0.4, -0.2) is 30.8 Å². The van der Waals surface area contributed by atoms with E-state index >= 15 is 0 Å². The summed E-state index contributed by atoms with van der Waals surface area (Å²) in [5.41, 5.74) is 0. The van der Waals surface area contributed by atoms with Gasteiger partial charge in [0.15, 0.2) is 0 Å². The highest BCUT2D eigenvalue weighted by molar-refractivity contribution is 7.80. The van der Waals surface area contributed by atoms with E-state index in [1.807, 2.05) is 6.92 Å². The molecule has 0 rings (SSSR count). The van der Waals surface area contributed by atoms with E-state index in [0.717, 1.165) is 19.5 Å². The first-order chi connectivity index (χ1) is 7.26. The summed E-state index contributed by atoms with van der Waals surface area (Å²) in [5, 5.41) is 6.02. The minimum Gasteiger partial charge on any atom is -0.355 e. The number of hydrogen-bond acceptors (Lipinski definition) is 3. The van der Waals surface area contributed by atoms with E-state index < -0.39 is 0 Å². The van der Waals surface area contributed by atoms with Crippen molar-refractivity contribution in [3.05, 3.63) is 0 Å². The van der Waals surface area contributed by atoms with Gasteiger partial charge in [-0.3, -0.25) is 4.79 Å². The first kappa shape index (κ1) is 14.8. The van der Waals surface area contributed by atoms with E-state index in [1.54, 1.807) is 0 Å². The van der Waals surface area contributed by atoms with Gasteiger partial charge in [-0.1, -0.05) is 33.1 Å². The second kappa shape index (κ2) is 10.3. The number of likely N-dealkylation sites (N-methyl/N-ethyl adjacent to an activating group) is 1. The molecule has 0 saturated carbocycles. The van der Waals surface area contributed by atoms with Crippen LogP contribution in [0.5, 0.6) is 0 Å². The number of rotatable bonds is 9. The second-order valence-corrected chi connectivity index (χ2v) is 4.01. The topological polar surface area (TPSA) is 41.1 Å². The van der Waals surface area contributed by atoms with Gasteiger partial charge in [-0.15, -0.1) is 0 Å². The molecular formula is C11H24N2OS. The summed E-state index contributed by atoms with van der Waals surface area (Å²) in [4.78, 5) is 11.6. The summed E-state index contributed by atoms with van der Waals surface area (Å²) in [6.45, 7) is 5.76. The lowest BCUT2D eigenvalue weighted by molar-refractivity contribution is -0.122. The second-order valence-electron chi connectivity index (χ2n) is 3.64. The Morgan fingerprint density at radius 1 is 1.27 bits per heavy atom. The van der Waals surface area contributed by atoms with Crippen molar-refractivity contribution in [3.63, 3.8) is 0 Å². The molecule has 1 atom stereocenters. The molecule has 1 amide bonds. The van der Waals surface area contributed by atoms with Gasteiger partial charge >= 0.3 is 0 Å². The standard InChI is InChI=1S/C11H24N2OS/c1-3-5-6-7-8-13-11(14)10(9-15)12-4-2/h10,12,15H,3-9H2,1-2H3,(H,13,14)/t10-/m1/s1. The number of hydrogen-bond donors (Lipinski definition) is 3. The zero-order valence-corrected chi connectivity index (χ0v) is 10.8. The van der Waals surface area contributed by atoms with Crippen LogP contribution in [0, 0.1) is 0 Å². The molecule has 0 aliphatic carbocycles. The normalized spacial score (nSPS) is 12.5. The van der Waals surface area contributed by atoms with Gasteiger partial charge in [-0.2, -0.15) is 12.6 Å². The van der Waals surface area contributed by atoms with Gasteiger partial charge in [0.05, 0.1) is 6.04 Å². The van der Waals surface area contributed by atoms with Gasteiger partial charge in [0, 0.05) is 12.3 Å². The Morgan fingerprint density at radius 2 is 2.00 bits per heavy atom. The first-order valence-electron chi connectivity index (χ1n) is 5.88. The van der Waals surface area contributed by atoms with Gasteiger partial charge in [-0.25, -0.2) is 0 Å². The third-order valence-electron chi connectivity index (χ3n) is 2.28. The lowest BCUT2D eigenvalue weighted by Crippen LogP contribution is -2.45. The van der Waals surface area contributed by atoms with Crippen molar-refractivity contribution in [1.29, 1.82) is 0 Å². The van der Waals surface area contributed by atoms with Gasteiger partial charge in [0.1, 0.15) is 0 Å². The van der Waals surface area contributed by atoms with Crippen molar-refractivity contribution < 1.29 is 4.79 Å². The van der Waals surface area contributed by atoms with Crippen LogP contribution in [0.4, 0.5) is 0 Å². The lowest BCUT2D eigenvalue weighted by Gasteiger charge is -2.14. The number of unbranched alkanes of at least 4 members (excludes halogenated alkanes) is 3. The SMILES string of the molecule is CCCCCCNC(=O)[C@@H](CS)NCC. The molecule has 3 nitrogen and oxygen atoms in total. The highest BCUT2D eigenvalue weighted by Gasteiger charge is 2.13. The maximum Gasteiger partial charge on any atom is 0.237 e. The highest BCUT2D eigenvalue weighted by atomic mass is 32.1. The molecule has 0 radical (unpaired) electrons. The molecule has 0 aliphatic heterocycles. The fourth-order valence-electron chi connectivity index (χ4n) is 1.37. The number of amides is 1. The van der Waals surface area contributed by atoms with Crippen LogP contribution in [0.3, 0.4) is 0 Å².